The Morgan fingerprint density at radius 2 is 1.93 bits per heavy atom. The van der Waals surface area contributed by atoms with Crippen molar-refractivity contribution < 1.29 is 0 Å². The summed E-state index contributed by atoms with van der Waals surface area (Å²) in [5, 5.41) is 2.36. The third-order valence-electron chi connectivity index (χ3n) is 6.19. The number of nitrogens with two attached hydrogens (primary N) is 1. The summed E-state index contributed by atoms with van der Waals surface area (Å²) >= 11 is 0. The standard InChI is InChI=1S/C25H28N4/c1-16-9-12-21-20(15-16)22-23(26)19-11-10-17-7-4-5-8-18(17)24(19)27-25(22)29(21)14-6-13-28(2)3/h4-5,7-9,12,15H,6,10-11,13-14H2,1-3H3,(H2,26,27). The number of aromatic nitrogens is 2. The van der Waals surface area contributed by atoms with Crippen LogP contribution in [0.25, 0.3) is 33.2 Å². The van der Waals surface area contributed by atoms with Crippen LogP contribution in [-0.4, -0.2) is 35.1 Å². The van der Waals surface area contributed by atoms with Gasteiger partial charge in [0.05, 0.1) is 16.6 Å². The SMILES string of the molecule is Cc1ccc2c(c1)c1c(N)c3c(nc1n2CCCN(C)C)-c1ccccc1CC3. The van der Waals surface area contributed by atoms with Gasteiger partial charge in [0.15, 0.2) is 0 Å². The highest BCUT2D eigenvalue weighted by Crippen LogP contribution is 2.41. The number of nitrogens with zero attached hydrogens (tertiary/aromatic N) is 3. The third kappa shape index (κ3) is 2.90. The zero-order valence-electron chi connectivity index (χ0n) is 17.5. The minimum Gasteiger partial charge on any atom is -0.398 e. The minimum atomic E-state index is 0.918. The smallest absolute Gasteiger partial charge is 0.143 e. The quantitative estimate of drug-likeness (QED) is 0.550. The molecule has 0 radical (unpaired) electrons. The molecule has 0 amide bonds. The second kappa shape index (κ2) is 6.89. The van der Waals surface area contributed by atoms with Crippen molar-refractivity contribution in [1.82, 2.24) is 14.5 Å². The lowest BCUT2D eigenvalue weighted by Gasteiger charge is -2.21. The average molecular weight is 385 g/mol. The van der Waals surface area contributed by atoms with Gasteiger partial charge in [0.1, 0.15) is 5.65 Å². The highest BCUT2D eigenvalue weighted by Gasteiger charge is 2.24. The molecule has 0 bridgehead atoms. The van der Waals surface area contributed by atoms with E-state index in [1.54, 1.807) is 0 Å². The van der Waals surface area contributed by atoms with E-state index in [1.807, 2.05) is 0 Å². The molecule has 2 aromatic carbocycles. The van der Waals surface area contributed by atoms with E-state index in [9.17, 15) is 0 Å². The maximum atomic E-state index is 6.84. The third-order valence-corrected chi connectivity index (χ3v) is 6.19. The molecule has 0 aliphatic heterocycles. The number of fused-ring (bicyclic) bond motifs is 6. The molecule has 1 aliphatic rings. The number of aryl methyl sites for hydroxylation is 3. The molecule has 0 fully saturated rings. The lowest BCUT2D eigenvalue weighted by molar-refractivity contribution is 0.389. The number of hydrogen-bond acceptors (Lipinski definition) is 3. The Labute approximate surface area is 172 Å². The summed E-state index contributed by atoms with van der Waals surface area (Å²) in [6.45, 7) is 4.14. The number of pyridine rings is 1. The molecule has 2 N–H and O–H groups in total. The normalized spacial score (nSPS) is 13.2. The summed E-state index contributed by atoms with van der Waals surface area (Å²) < 4.78 is 2.38. The fourth-order valence-electron chi connectivity index (χ4n) is 4.76. The molecule has 2 heterocycles. The minimum absolute atomic E-state index is 0.918. The van der Waals surface area contributed by atoms with Gasteiger partial charge in [-0.25, -0.2) is 4.98 Å². The Balaban J connectivity index is 1.80. The van der Waals surface area contributed by atoms with Crippen LogP contribution in [0.3, 0.4) is 0 Å². The Morgan fingerprint density at radius 1 is 1.10 bits per heavy atom. The van der Waals surface area contributed by atoms with E-state index < -0.39 is 0 Å². The zero-order chi connectivity index (χ0) is 20.1. The Kier molecular flexibility index (Phi) is 4.32. The molecule has 0 atom stereocenters. The molecule has 148 valence electrons. The van der Waals surface area contributed by atoms with Crippen LogP contribution < -0.4 is 5.73 Å². The van der Waals surface area contributed by atoms with E-state index in [4.69, 9.17) is 10.7 Å². The van der Waals surface area contributed by atoms with E-state index >= 15 is 0 Å². The molecule has 5 rings (SSSR count). The monoisotopic (exact) mass is 384 g/mol. The number of nitrogen functional groups attached to an aromatic ring is 1. The van der Waals surface area contributed by atoms with Gasteiger partial charge in [-0.3, -0.25) is 0 Å². The van der Waals surface area contributed by atoms with Gasteiger partial charge in [0.25, 0.3) is 0 Å². The second-order valence-corrected chi connectivity index (χ2v) is 8.54. The van der Waals surface area contributed by atoms with Gasteiger partial charge in [0.2, 0.25) is 0 Å². The van der Waals surface area contributed by atoms with Crippen LogP contribution >= 0.6 is 0 Å². The Morgan fingerprint density at radius 3 is 2.76 bits per heavy atom. The van der Waals surface area contributed by atoms with Gasteiger partial charge < -0.3 is 15.2 Å². The van der Waals surface area contributed by atoms with Crippen LogP contribution in [-0.2, 0) is 19.4 Å². The van der Waals surface area contributed by atoms with Gasteiger partial charge in [-0.2, -0.15) is 0 Å². The topological polar surface area (TPSA) is 47.1 Å². The number of anilines is 1. The van der Waals surface area contributed by atoms with Crippen molar-refractivity contribution in [2.75, 3.05) is 26.4 Å². The fourth-order valence-corrected chi connectivity index (χ4v) is 4.76. The molecule has 0 saturated carbocycles. The first-order chi connectivity index (χ1) is 14.0. The van der Waals surface area contributed by atoms with Gasteiger partial charge in [0, 0.05) is 28.7 Å². The maximum absolute atomic E-state index is 6.84. The first kappa shape index (κ1) is 18.2. The van der Waals surface area contributed by atoms with Gasteiger partial charge in [-0.1, -0.05) is 35.9 Å². The van der Waals surface area contributed by atoms with Crippen molar-refractivity contribution >= 4 is 27.6 Å². The predicted molar refractivity (Wildman–Crippen MR) is 122 cm³/mol. The number of benzene rings is 2. The molecule has 1 aliphatic carbocycles. The van der Waals surface area contributed by atoms with Crippen LogP contribution in [0.5, 0.6) is 0 Å². The van der Waals surface area contributed by atoms with Crippen molar-refractivity contribution in [2.45, 2.75) is 32.7 Å². The molecule has 4 heteroatoms. The molecule has 0 saturated heterocycles. The summed E-state index contributed by atoms with van der Waals surface area (Å²) in [7, 11) is 4.25. The Hall–Kier alpha value is -2.85. The van der Waals surface area contributed by atoms with Crippen molar-refractivity contribution in [3.8, 4) is 11.3 Å². The Bertz CT molecular complexity index is 1230. The molecular formula is C25H28N4. The maximum Gasteiger partial charge on any atom is 0.143 e. The predicted octanol–water partition coefficient (Wildman–Crippen LogP) is 4.80. The summed E-state index contributed by atoms with van der Waals surface area (Å²) in [5.74, 6) is 0. The molecule has 4 aromatic rings. The highest BCUT2D eigenvalue weighted by molar-refractivity contribution is 6.14. The second-order valence-electron chi connectivity index (χ2n) is 8.54. The van der Waals surface area contributed by atoms with Crippen LogP contribution in [0.2, 0.25) is 0 Å². The molecule has 0 spiro atoms. The molecule has 2 aromatic heterocycles. The van der Waals surface area contributed by atoms with Gasteiger partial charge in [-0.15, -0.1) is 0 Å². The van der Waals surface area contributed by atoms with Crippen LogP contribution in [0.4, 0.5) is 5.69 Å². The van der Waals surface area contributed by atoms with E-state index in [1.165, 1.54) is 33.2 Å². The van der Waals surface area contributed by atoms with Crippen LogP contribution in [0, 0.1) is 6.92 Å². The summed E-state index contributed by atoms with van der Waals surface area (Å²) in [6.07, 6.45) is 3.07. The van der Waals surface area contributed by atoms with E-state index in [0.29, 0.717) is 0 Å². The van der Waals surface area contributed by atoms with Crippen molar-refractivity contribution in [1.29, 1.82) is 0 Å². The van der Waals surface area contributed by atoms with Crippen molar-refractivity contribution in [2.24, 2.45) is 0 Å². The zero-order valence-corrected chi connectivity index (χ0v) is 17.5. The molecule has 4 nitrogen and oxygen atoms in total. The van der Waals surface area contributed by atoms with E-state index in [0.717, 1.165) is 54.8 Å². The van der Waals surface area contributed by atoms with E-state index in [-0.39, 0.29) is 0 Å². The summed E-state index contributed by atoms with van der Waals surface area (Å²) in [5.41, 5.74) is 16.2. The largest absolute Gasteiger partial charge is 0.398 e. The molecular weight excluding hydrogens is 356 g/mol. The van der Waals surface area contributed by atoms with Crippen LogP contribution in [0.1, 0.15) is 23.1 Å². The molecule has 0 unspecified atom stereocenters. The summed E-state index contributed by atoms with van der Waals surface area (Å²) in [4.78, 5) is 7.49. The van der Waals surface area contributed by atoms with Crippen molar-refractivity contribution in [3.63, 3.8) is 0 Å². The van der Waals surface area contributed by atoms with Gasteiger partial charge in [-0.05, 0) is 64.5 Å². The molecule has 29 heavy (non-hydrogen) atoms. The lowest BCUT2D eigenvalue weighted by atomic mass is 9.87. The van der Waals surface area contributed by atoms with Gasteiger partial charge >= 0.3 is 0 Å². The number of rotatable bonds is 4. The first-order valence-corrected chi connectivity index (χ1v) is 10.5. The summed E-state index contributed by atoms with van der Waals surface area (Å²) in [6, 6.07) is 15.3. The fraction of sp³-hybridized carbons (Fsp3) is 0.320. The van der Waals surface area contributed by atoms with E-state index in [2.05, 4.69) is 73.0 Å². The highest BCUT2D eigenvalue weighted by atomic mass is 15.1. The average Bonchev–Trinajstić information content (AvgIpc) is 3.01. The van der Waals surface area contributed by atoms with Crippen LogP contribution in [0.15, 0.2) is 42.5 Å². The number of hydrogen-bond donors (Lipinski definition) is 1. The lowest BCUT2D eigenvalue weighted by Crippen LogP contribution is -2.15. The van der Waals surface area contributed by atoms with Crippen molar-refractivity contribution in [3.05, 3.63) is 59.2 Å². The first-order valence-electron chi connectivity index (χ1n) is 10.5.